The number of ether oxygens (including phenoxy) is 1. The molecule has 1 heterocycles. The van der Waals surface area contributed by atoms with Crippen LogP contribution in [0.3, 0.4) is 0 Å². The molecule has 0 atom stereocenters. The minimum Gasteiger partial charge on any atom is -0.510 e. The Morgan fingerprint density at radius 3 is 3.00 bits per heavy atom. The average Bonchev–Trinajstić information content (AvgIpc) is 2.44. The Hall–Kier alpha value is -1.94. The van der Waals surface area contributed by atoms with Gasteiger partial charge in [0.15, 0.2) is 0 Å². The molecule has 2 N–H and O–H groups in total. The van der Waals surface area contributed by atoms with Crippen molar-refractivity contribution >= 4 is 5.69 Å². The summed E-state index contributed by atoms with van der Waals surface area (Å²) in [7, 11) is 0. The Balaban J connectivity index is 1.91. The zero-order chi connectivity index (χ0) is 14.4. The number of rotatable bonds is 6. The first-order valence-corrected chi connectivity index (χ1v) is 6.94. The standard InChI is InChI=1S/C16H22N2O2/c1-13(2)17-8-10-20-16-7-3-5-14(11-16)18-9-4-6-15(19)12-18/h3-7,9,11,13,17,19H,8,10,12H2,1-2H3. The molecule has 4 nitrogen and oxygen atoms in total. The predicted octanol–water partition coefficient (Wildman–Crippen LogP) is 2.84. The summed E-state index contributed by atoms with van der Waals surface area (Å²) in [4.78, 5) is 1.98. The fourth-order valence-corrected chi connectivity index (χ4v) is 1.98. The largest absolute Gasteiger partial charge is 0.510 e. The molecule has 0 fully saturated rings. The van der Waals surface area contributed by atoms with E-state index in [1.165, 1.54) is 0 Å². The van der Waals surface area contributed by atoms with Crippen molar-refractivity contribution in [1.82, 2.24) is 5.32 Å². The van der Waals surface area contributed by atoms with Gasteiger partial charge in [-0.1, -0.05) is 19.9 Å². The van der Waals surface area contributed by atoms with Gasteiger partial charge in [-0.05, 0) is 24.3 Å². The summed E-state index contributed by atoms with van der Waals surface area (Å²) in [6.07, 6.45) is 5.48. The van der Waals surface area contributed by atoms with Crippen molar-refractivity contribution in [2.24, 2.45) is 0 Å². The Kier molecular flexibility index (Phi) is 5.07. The summed E-state index contributed by atoms with van der Waals surface area (Å²) in [6, 6.07) is 8.37. The zero-order valence-electron chi connectivity index (χ0n) is 12.0. The lowest BCUT2D eigenvalue weighted by molar-refractivity contribution is 0.309. The topological polar surface area (TPSA) is 44.7 Å². The quantitative estimate of drug-likeness (QED) is 0.783. The smallest absolute Gasteiger partial charge is 0.121 e. The van der Waals surface area contributed by atoms with Gasteiger partial charge in [0.2, 0.25) is 0 Å². The molecule has 0 aliphatic carbocycles. The lowest BCUT2D eigenvalue weighted by atomic mass is 10.2. The number of hydrogen-bond acceptors (Lipinski definition) is 4. The molecule has 0 spiro atoms. The third kappa shape index (κ3) is 4.31. The van der Waals surface area contributed by atoms with Crippen LogP contribution in [0.15, 0.2) is 48.4 Å². The lowest BCUT2D eigenvalue weighted by Gasteiger charge is -2.22. The maximum atomic E-state index is 9.56. The SMILES string of the molecule is CC(C)NCCOc1cccc(N2C=CC=C(O)C2)c1. The van der Waals surface area contributed by atoms with Crippen LogP contribution in [-0.2, 0) is 0 Å². The van der Waals surface area contributed by atoms with E-state index in [0.717, 1.165) is 18.0 Å². The Labute approximate surface area is 120 Å². The molecule has 1 aliphatic heterocycles. The van der Waals surface area contributed by atoms with E-state index < -0.39 is 0 Å². The summed E-state index contributed by atoms with van der Waals surface area (Å²) >= 11 is 0. The highest BCUT2D eigenvalue weighted by atomic mass is 16.5. The van der Waals surface area contributed by atoms with Crippen molar-refractivity contribution in [3.63, 3.8) is 0 Å². The summed E-state index contributed by atoms with van der Waals surface area (Å²) in [6.45, 7) is 6.19. The van der Waals surface area contributed by atoms with Crippen LogP contribution in [-0.4, -0.2) is 30.8 Å². The molecule has 0 aromatic heterocycles. The first-order chi connectivity index (χ1) is 9.65. The second-order valence-corrected chi connectivity index (χ2v) is 5.08. The normalized spacial score (nSPS) is 14.6. The minimum absolute atomic E-state index is 0.361. The van der Waals surface area contributed by atoms with E-state index in [2.05, 4.69) is 19.2 Å². The number of aliphatic hydroxyl groups is 1. The number of benzene rings is 1. The van der Waals surface area contributed by atoms with Gasteiger partial charge in [0.1, 0.15) is 18.1 Å². The molecular weight excluding hydrogens is 252 g/mol. The molecule has 108 valence electrons. The van der Waals surface area contributed by atoms with Crippen LogP contribution < -0.4 is 15.0 Å². The molecule has 2 rings (SSSR count). The van der Waals surface area contributed by atoms with E-state index >= 15 is 0 Å². The van der Waals surface area contributed by atoms with E-state index in [1.54, 1.807) is 6.08 Å². The molecule has 0 amide bonds. The summed E-state index contributed by atoms with van der Waals surface area (Å²) in [5.41, 5.74) is 1.01. The number of nitrogens with zero attached hydrogens (tertiary/aromatic N) is 1. The van der Waals surface area contributed by atoms with E-state index in [-0.39, 0.29) is 0 Å². The molecule has 1 aromatic carbocycles. The molecule has 0 unspecified atom stereocenters. The fraction of sp³-hybridized carbons (Fsp3) is 0.375. The second-order valence-electron chi connectivity index (χ2n) is 5.08. The second kappa shape index (κ2) is 7.01. The van der Waals surface area contributed by atoms with Gasteiger partial charge in [-0.2, -0.15) is 0 Å². The van der Waals surface area contributed by atoms with Crippen LogP contribution in [0.5, 0.6) is 5.75 Å². The van der Waals surface area contributed by atoms with Gasteiger partial charge in [-0.25, -0.2) is 0 Å². The first-order valence-electron chi connectivity index (χ1n) is 6.94. The number of hydrogen-bond donors (Lipinski definition) is 2. The number of anilines is 1. The third-order valence-corrected chi connectivity index (χ3v) is 2.96. The van der Waals surface area contributed by atoms with Crippen molar-refractivity contribution < 1.29 is 9.84 Å². The highest BCUT2D eigenvalue weighted by Gasteiger charge is 2.09. The van der Waals surface area contributed by atoms with E-state index in [4.69, 9.17) is 4.74 Å². The Morgan fingerprint density at radius 1 is 1.40 bits per heavy atom. The Bertz CT molecular complexity index is 495. The van der Waals surface area contributed by atoms with Crippen molar-refractivity contribution in [1.29, 1.82) is 0 Å². The van der Waals surface area contributed by atoms with Gasteiger partial charge >= 0.3 is 0 Å². The average molecular weight is 274 g/mol. The van der Waals surface area contributed by atoms with Gasteiger partial charge in [0.25, 0.3) is 0 Å². The molecule has 0 bridgehead atoms. The maximum absolute atomic E-state index is 9.56. The molecule has 0 saturated heterocycles. The molecule has 1 aliphatic rings. The first kappa shape index (κ1) is 14.5. The van der Waals surface area contributed by atoms with Crippen molar-refractivity contribution in [3.05, 3.63) is 48.4 Å². The number of nitrogens with one attached hydrogen (secondary N) is 1. The van der Waals surface area contributed by atoms with Gasteiger partial charge in [-0.3, -0.25) is 0 Å². The third-order valence-electron chi connectivity index (χ3n) is 2.96. The maximum Gasteiger partial charge on any atom is 0.121 e. The van der Waals surface area contributed by atoms with E-state index in [0.29, 0.717) is 25.0 Å². The summed E-state index contributed by atoms with van der Waals surface area (Å²) in [5.74, 6) is 1.20. The molecule has 20 heavy (non-hydrogen) atoms. The highest BCUT2D eigenvalue weighted by molar-refractivity contribution is 5.55. The van der Waals surface area contributed by atoms with E-state index in [9.17, 15) is 5.11 Å². The van der Waals surface area contributed by atoms with Crippen LogP contribution >= 0.6 is 0 Å². The van der Waals surface area contributed by atoms with Crippen molar-refractivity contribution in [2.75, 3.05) is 24.6 Å². The van der Waals surface area contributed by atoms with Gasteiger partial charge in [-0.15, -0.1) is 0 Å². The van der Waals surface area contributed by atoms with Gasteiger partial charge in [0.05, 0.1) is 6.54 Å². The molecule has 0 radical (unpaired) electrons. The summed E-state index contributed by atoms with van der Waals surface area (Å²) < 4.78 is 5.72. The van der Waals surface area contributed by atoms with Gasteiger partial charge < -0.3 is 20.1 Å². The van der Waals surface area contributed by atoms with Crippen LogP contribution in [0.2, 0.25) is 0 Å². The highest BCUT2D eigenvalue weighted by Crippen LogP contribution is 2.23. The fourth-order valence-electron chi connectivity index (χ4n) is 1.98. The molecule has 1 aromatic rings. The van der Waals surface area contributed by atoms with Crippen LogP contribution in [0, 0.1) is 0 Å². The van der Waals surface area contributed by atoms with Crippen LogP contribution in [0.25, 0.3) is 0 Å². The molecular formula is C16H22N2O2. The molecule has 0 saturated carbocycles. The Morgan fingerprint density at radius 2 is 2.25 bits per heavy atom. The summed E-state index contributed by atoms with van der Waals surface area (Å²) in [5, 5.41) is 12.9. The molecule has 4 heteroatoms. The zero-order valence-corrected chi connectivity index (χ0v) is 12.0. The van der Waals surface area contributed by atoms with Crippen LogP contribution in [0.1, 0.15) is 13.8 Å². The van der Waals surface area contributed by atoms with Crippen molar-refractivity contribution in [3.8, 4) is 5.75 Å². The van der Waals surface area contributed by atoms with Crippen molar-refractivity contribution in [2.45, 2.75) is 19.9 Å². The van der Waals surface area contributed by atoms with Gasteiger partial charge in [0, 0.05) is 30.5 Å². The van der Waals surface area contributed by atoms with Crippen LogP contribution in [0.4, 0.5) is 5.69 Å². The number of allylic oxidation sites excluding steroid dienone is 2. The minimum atomic E-state index is 0.361. The lowest BCUT2D eigenvalue weighted by Crippen LogP contribution is -2.27. The van der Waals surface area contributed by atoms with E-state index in [1.807, 2.05) is 41.4 Å². The monoisotopic (exact) mass is 274 g/mol. The number of aliphatic hydroxyl groups excluding tert-OH is 1. The predicted molar refractivity (Wildman–Crippen MR) is 82.3 cm³/mol.